The fourth-order valence-electron chi connectivity index (χ4n) is 1.22. The average Bonchev–Trinajstić information content (AvgIpc) is 2.14. The molecular formula is C10H14O2P. The lowest BCUT2D eigenvalue weighted by molar-refractivity contribution is 0.500. The number of hydrogen-bond donors (Lipinski definition) is 1. The molecule has 1 radical (unpaired) electrons. The Bertz CT molecular complexity index is 259. The van der Waals surface area contributed by atoms with Crippen LogP contribution in [0.2, 0.25) is 0 Å². The zero-order chi connectivity index (χ0) is 9.52. The monoisotopic (exact) mass is 197 g/mol. The van der Waals surface area contributed by atoms with E-state index in [1.807, 2.05) is 18.2 Å². The summed E-state index contributed by atoms with van der Waals surface area (Å²) in [6.07, 6.45) is 3.26. The van der Waals surface area contributed by atoms with Crippen molar-refractivity contribution in [1.29, 1.82) is 0 Å². The van der Waals surface area contributed by atoms with Gasteiger partial charge in [-0.1, -0.05) is 30.3 Å². The number of rotatable bonds is 5. The normalized spacial score (nSPS) is 11.3. The fourth-order valence-corrected chi connectivity index (χ4v) is 1.71. The van der Waals surface area contributed by atoms with Gasteiger partial charge in [0.1, 0.15) is 0 Å². The Kier molecular flexibility index (Phi) is 4.66. The molecule has 0 saturated carbocycles. The molecule has 13 heavy (non-hydrogen) atoms. The molecule has 1 aromatic rings. The molecule has 1 atom stereocenters. The van der Waals surface area contributed by atoms with Crippen LogP contribution in [0, 0.1) is 0 Å². The van der Waals surface area contributed by atoms with Crippen molar-refractivity contribution in [3.8, 4) is 0 Å². The zero-order valence-corrected chi connectivity index (χ0v) is 8.41. The SMILES string of the molecule is O=[P](O)CCCCc1ccccc1. The van der Waals surface area contributed by atoms with Crippen LogP contribution in [0.5, 0.6) is 0 Å². The van der Waals surface area contributed by atoms with Gasteiger partial charge in [-0.25, -0.2) is 0 Å². The van der Waals surface area contributed by atoms with Crippen molar-refractivity contribution < 1.29 is 9.46 Å². The molecule has 71 valence electrons. The van der Waals surface area contributed by atoms with Crippen LogP contribution in [0.25, 0.3) is 0 Å². The maximum Gasteiger partial charge on any atom is 0.209 e. The van der Waals surface area contributed by atoms with Crippen molar-refractivity contribution in [2.24, 2.45) is 0 Å². The van der Waals surface area contributed by atoms with E-state index in [9.17, 15) is 4.57 Å². The van der Waals surface area contributed by atoms with Crippen LogP contribution in [0.4, 0.5) is 0 Å². The molecule has 0 heterocycles. The van der Waals surface area contributed by atoms with Gasteiger partial charge in [-0.2, -0.15) is 0 Å². The minimum atomic E-state index is -1.93. The van der Waals surface area contributed by atoms with Gasteiger partial charge in [0.15, 0.2) is 0 Å². The van der Waals surface area contributed by atoms with Crippen molar-refractivity contribution in [3.05, 3.63) is 35.9 Å². The van der Waals surface area contributed by atoms with E-state index < -0.39 is 8.03 Å². The second-order valence-electron chi connectivity index (χ2n) is 3.02. The Morgan fingerprint density at radius 3 is 2.46 bits per heavy atom. The summed E-state index contributed by atoms with van der Waals surface area (Å²) in [4.78, 5) is 8.56. The molecule has 0 aromatic heterocycles. The predicted octanol–water partition coefficient (Wildman–Crippen LogP) is 2.74. The van der Waals surface area contributed by atoms with Gasteiger partial charge in [0, 0.05) is 6.16 Å². The molecule has 0 bridgehead atoms. The molecule has 0 aliphatic rings. The molecule has 1 rings (SSSR count). The maximum atomic E-state index is 10.4. The molecule has 1 aromatic carbocycles. The van der Waals surface area contributed by atoms with Gasteiger partial charge in [-0.15, -0.1) is 0 Å². The average molecular weight is 197 g/mol. The summed E-state index contributed by atoms with van der Waals surface area (Å²) in [5.74, 6) is 0. The molecule has 0 fully saturated rings. The molecule has 0 spiro atoms. The smallest absolute Gasteiger partial charge is 0.209 e. The first-order chi connectivity index (χ1) is 6.29. The van der Waals surface area contributed by atoms with E-state index in [0.29, 0.717) is 6.16 Å². The summed E-state index contributed by atoms with van der Waals surface area (Å²) in [7, 11) is -1.93. The Balaban J connectivity index is 2.17. The van der Waals surface area contributed by atoms with Gasteiger partial charge in [-0.3, -0.25) is 4.57 Å². The highest BCUT2D eigenvalue weighted by Crippen LogP contribution is 2.16. The van der Waals surface area contributed by atoms with Crippen LogP contribution < -0.4 is 0 Å². The van der Waals surface area contributed by atoms with Gasteiger partial charge in [0.2, 0.25) is 8.03 Å². The molecule has 1 N–H and O–H groups in total. The quantitative estimate of drug-likeness (QED) is 0.582. The minimum absolute atomic E-state index is 0.433. The van der Waals surface area contributed by atoms with E-state index in [4.69, 9.17) is 4.89 Å². The van der Waals surface area contributed by atoms with Gasteiger partial charge >= 0.3 is 0 Å². The highest BCUT2D eigenvalue weighted by molar-refractivity contribution is 7.37. The van der Waals surface area contributed by atoms with Crippen LogP contribution in [-0.4, -0.2) is 11.1 Å². The summed E-state index contributed by atoms with van der Waals surface area (Å²) >= 11 is 0. The van der Waals surface area contributed by atoms with Crippen molar-refractivity contribution in [2.45, 2.75) is 19.3 Å². The Morgan fingerprint density at radius 2 is 1.85 bits per heavy atom. The van der Waals surface area contributed by atoms with Crippen LogP contribution in [0.3, 0.4) is 0 Å². The minimum Gasteiger partial charge on any atom is -0.320 e. The molecule has 0 amide bonds. The third-order valence-electron chi connectivity index (χ3n) is 1.91. The highest BCUT2D eigenvalue weighted by Gasteiger charge is 1.95. The summed E-state index contributed by atoms with van der Waals surface area (Å²) in [6.45, 7) is 0. The number of unbranched alkanes of at least 4 members (excludes halogenated alkanes) is 1. The zero-order valence-electron chi connectivity index (χ0n) is 7.52. The van der Waals surface area contributed by atoms with Gasteiger partial charge in [0.05, 0.1) is 0 Å². The third kappa shape index (κ3) is 4.76. The van der Waals surface area contributed by atoms with E-state index >= 15 is 0 Å². The first-order valence-electron chi connectivity index (χ1n) is 4.46. The van der Waals surface area contributed by atoms with E-state index in [2.05, 4.69) is 12.1 Å². The Labute approximate surface area is 79.5 Å². The van der Waals surface area contributed by atoms with Crippen molar-refractivity contribution in [3.63, 3.8) is 0 Å². The predicted molar refractivity (Wildman–Crippen MR) is 54.1 cm³/mol. The molecule has 0 aliphatic carbocycles. The van der Waals surface area contributed by atoms with Crippen molar-refractivity contribution in [1.82, 2.24) is 0 Å². The van der Waals surface area contributed by atoms with Gasteiger partial charge in [-0.05, 0) is 24.8 Å². The lowest BCUT2D eigenvalue weighted by Gasteiger charge is -1.99. The summed E-state index contributed by atoms with van der Waals surface area (Å²) in [6, 6.07) is 10.2. The standard InChI is InChI=1S/C10H14O2P/c11-13(12)9-5-4-8-10-6-2-1-3-7-10/h1-3,6-7H,4-5,8-9H2,(H,11,12). The number of aryl methyl sites for hydroxylation is 1. The summed E-state index contributed by atoms with van der Waals surface area (Å²) < 4.78 is 10.4. The van der Waals surface area contributed by atoms with Crippen molar-refractivity contribution >= 4 is 8.03 Å². The van der Waals surface area contributed by atoms with Crippen LogP contribution in [0.15, 0.2) is 30.3 Å². The van der Waals surface area contributed by atoms with E-state index in [0.717, 1.165) is 19.3 Å². The highest BCUT2D eigenvalue weighted by atomic mass is 31.1. The second-order valence-corrected chi connectivity index (χ2v) is 4.17. The molecule has 3 heteroatoms. The molecule has 1 unspecified atom stereocenters. The number of hydrogen-bond acceptors (Lipinski definition) is 1. The van der Waals surface area contributed by atoms with E-state index in [1.54, 1.807) is 0 Å². The Hall–Kier alpha value is -0.720. The van der Waals surface area contributed by atoms with Crippen LogP contribution in [-0.2, 0) is 11.0 Å². The van der Waals surface area contributed by atoms with Gasteiger partial charge in [0.25, 0.3) is 0 Å². The number of benzene rings is 1. The molecule has 0 aliphatic heterocycles. The topological polar surface area (TPSA) is 37.3 Å². The van der Waals surface area contributed by atoms with Gasteiger partial charge < -0.3 is 4.89 Å². The van der Waals surface area contributed by atoms with Crippen LogP contribution >= 0.6 is 8.03 Å². The summed E-state index contributed by atoms with van der Waals surface area (Å²) in [5.41, 5.74) is 1.30. The van der Waals surface area contributed by atoms with Crippen LogP contribution in [0.1, 0.15) is 18.4 Å². The molecular weight excluding hydrogens is 183 g/mol. The third-order valence-corrected chi connectivity index (χ3v) is 2.61. The van der Waals surface area contributed by atoms with E-state index in [1.165, 1.54) is 5.56 Å². The summed E-state index contributed by atoms with van der Waals surface area (Å²) in [5, 5.41) is 0. The Morgan fingerprint density at radius 1 is 1.15 bits per heavy atom. The fraction of sp³-hybridized carbons (Fsp3) is 0.400. The second kappa shape index (κ2) is 5.85. The van der Waals surface area contributed by atoms with E-state index in [-0.39, 0.29) is 0 Å². The largest absolute Gasteiger partial charge is 0.320 e. The first-order valence-corrected chi connectivity index (χ1v) is 5.86. The lowest BCUT2D eigenvalue weighted by atomic mass is 10.1. The lowest BCUT2D eigenvalue weighted by Crippen LogP contribution is -1.86. The maximum absolute atomic E-state index is 10.4. The van der Waals surface area contributed by atoms with Crippen molar-refractivity contribution in [2.75, 3.05) is 6.16 Å². The first kappa shape index (κ1) is 10.4. The molecule has 2 nitrogen and oxygen atoms in total. The molecule has 0 saturated heterocycles.